The number of nitrogens with one attached hydrogen (secondary N) is 2. The van der Waals surface area contributed by atoms with Gasteiger partial charge in [0.1, 0.15) is 5.82 Å². The van der Waals surface area contributed by atoms with E-state index >= 15 is 0 Å². The first-order valence-corrected chi connectivity index (χ1v) is 7.17. The normalized spacial score (nSPS) is 18.4. The highest BCUT2D eigenvalue weighted by molar-refractivity contribution is 6.31. The first-order chi connectivity index (χ1) is 9.72. The van der Waals surface area contributed by atoms with Crippen LogP contribution >= 0.6 is 11.6 Å². The van der Waals surface area contributed by atoms with Crippen molar-refractivity contribution in [1.29, 1.82) is 0 Å². The van der Waals surface area contributed by atoms with Crippen LogP contribution in [0.4, 0.5) is 0 Å². The number of hydrogen-bond donors (Lipinski definition) is 2. The second-order valence-corrected chi connectivity index (χ2v) is 5.48. The fourth-order valence-corrected chi connectivity index (χ4v) is 2.64. The molecule has 2 N–H and O–H groups in total. The quantitative estimate of drug-likeness (QED) is 0.853. The molecule has 0 aliphatic heterocycles. The number of amides is 1. The van der Waals surface area contributed by atoms with Crippen molar-refractivity contribution in [3.63, 3.8) is 0 Å². The Kier molecular flexibility index (Phi) is 3.74. The van der Waals surface area contributed by atoms with Crippen LogP contribution in [0.15, 0.2) is 30.4 Å². The highest BCUT2D eigenvalue weighted by Crippen LogP contribution is 2.19. The molecule has 0 saturated carbocycles. The van der Waals surface area contributed by atoms with Crippen molar-refractivity contribution in [2.24, 2.45) is 5.92 Å². The van der Waals surface area contributed by atoms with Gasteiger partial charge < -0.3 is 10.3 Å². The second kappa shape index (κ2) is 5.67. The number of H-pyrrole nitrogens is 1. The summed E-state index contributed by atoms with van der Waals surface area (Å²) in [5, 5.41) is 3.62. The molecular formula is C15H16ClN3O. The average Bonchev–Trinajstić information content (AvgIpc) is 2.87. The van der Waals surface area contributed by atoms with E-state index in [0.29, 0.717) is 11.6 Å². The third-order valence-corrected chi connectivity index (χ3v) is 3.80. The average molecular weight is 290 g/mol. The van der Waals surface area contributed by atoms with E-state index in [2.05, 4.69) is 27.4 Å². The molecule has 0 saturated heterocycles. The van der Waals surface area contributed by atoms with Crippen LogP contribution in [-0.2, 0) is 11.3 Å². The maximum absolute atomic E-state index is 12.0. The molecule has 0 radical (unpaired) electrons. The topological polar surface area (TPSA) is 57.8 Å². The van der Waals surface area contributed by atoms with Gasteiger partial charge in [-0.15, -0.1) is 0 Å². The molecular weight excluding hydrogens is 274 g/mol. The maximum atomic E-state index is 12.0. The summed E-state index contributed by atoms with van der Waals surface area (Å²) in [6.07, 6.45) is 6.96. The van der Waals surface area contributed by atoms with Crippen LogP contribution < -0.4 is 5.32 Å². The fraction of sp³-hybridized carbons (Fsp3) is 0.333. The first-order valence-electron chi connectivity index (χ1n) is 6.79. The zero-order valence-electron chi connectivity index (χ0n) is 11.0. The summed E-state index contributed by atoms with van der Waals surface area (Å²) < 4.78 is 0. The summed E-state index contributed by atoms with van der Waals surface area (Å²) in [5.41, 5.74) is 1.75. The van der Waals surface area contributed by atoms with Crippen molar-refractivity contribution < 1.29 is 4.79 Å². The summed E-state index contributed by atoms with van der Waals surface area (Å²) in [6.45, 7) is 0.422. The highest BCUT2D eigenvalue weighted by Gasteiger charge is 2.18. The lowest BCUT2D eigenvalue weighted by Gasteiger charge is -2.16. The molecule has 2 aromatic rings. The van der Waals surface area contributed by atoms with E-state index in [9.17, 15) is 4.79 Å². The zero-order valence-corrected chi connectivity index (χ0v) is 11.8. The van der Waals surface area contributed by atoms with Gasteiger partial charge in [-0.3, -0.25) is 4.79 Å². The van der Waals surface area contributed by atoms with Crippen LogP contribution in [0.5, 0.6) is 0 Å². The van der Waals surface area contributed by atoms with Gasteiger partial charge >= 0.3 is 0 Å². The minimum Gasteiger partial charge on any atom is -0.349 e. The predicted octanol–water partition coefficient (Wildman–Crippen LogP) is 3.19. The number of imidazole rings is 1. The third-order valence-electron chi connectivity index (χ3n) is 3.56. The summed E-state index contributed by atoms with van der Waals surface area (Å²) >= 11 is 5.93. The number of halogens is 1. The number of nitrogens with zero attached hydrogens (tertiary/aromatic N) is 1. The number of carbonyl (C=O) groups excluding carboxylic acids is 1. The van der Waals surface area contributed by atoms with Crippen LogP contribution in [-0.4, -0.2) is 15.9 Å². The molecule has 1 atom stereocenters. The molecule has 1 aromatic heterocycles. The van der Waals surface area contributed by atoms with Crippen molar-refractivity contribution >= 4 is 28.5 Å². The van der Waals surface area contributed by atoms with E-state index in [-0.39, 0.29) is 11.8 Å². The molecule has 3 rings (SSSR count). The molecule has 0 bridgehead atoms. The Hall–Kier alpha value is -1.81. The number of fused-ring (bicyclic) bond motifs is 1. The molecule has 0 spiro atoms. The monoisotopic (exact) mass is 289 g/mol. The largest absolute Gasteiger partial charge is 0.349 e. The smallest absolute Gasteiger partial charge is 0.223 e. The molecule has 104 valence electrons. The predicted molar refractivity (Wildman–Crippen MR) is 79.4 cm³/mol. The second-order valence-electron chi connectivity index (χ2n) is 5.04. The molecule has 0 fully saturated rings. The van der Waals surface area contributed by atoms with Crippen molar-refractivity contribution in [3.05, 3.63) is 41.2 Å². The standard InChI is InChI=1S/C15H16ClN3O/c16-11-6-7-12-13(8-11)19-14(18-12)9-17-15(20)10-4-2-1-3-5-10/h1-2,6-8,10H,3-5,9H2,(H,17,20)(H,18,19). The summed E-state index contributed by atoms with van der Waals surface area (Å²) in [5.74, 6) is 0.952. The zero-order chi connectivity index (χ0) is 13.9. The van der Waals surface area contributed by atoms with Crippen LogP contribution in [0.3, 0.4) is 0 Å². The molecule has 4 nitrogen and oxygen atoms in total. The molecule has 1 aromatic carbocycles. The van der Waals surface area contributed by atoms with Crippen LogP contribution in [0.25, 0.3) is 11.0 Å². The van der Waals surface area contributed by atoms with Gasteiger partial charge in [0.2, 0.25) is 5.91 Å². The molecule has 1 unspecified atom stereocenters. The lowest BCUT2D eigenvalue weighted by molar-refractivity contribution is -0.125. The minimum atomic E-state index is 0.0961. The summed E-state index contributed by atoms with van der Waals surface area (Å²) in [7, 11) is 0. The fourth-order valence-electron chi connectivity index (χ4n) is 2.47. The lowest BCUT2D eigenvalue weighted by Crippen LogP contribution is -2.31. The van der Waals surface area contributed by atoms with Gasteiger partial charge in [-0.05, 0) is 37.5 Å². The van der Waals surface area contributed by atoms with Crippen LogP contribution in [0, 0.1) is 5.92 Å². The van der Waals surface area contributed by atoms with Gasteiger partial charge in [-0.1, -0.05) is 23.8 Å². The SMILES string of the molecule is O=C(NCc1nc2ccc(Cl)cc2[nH]1)C1CC=CCC1. The molecule has 20 heavy (non-hydrogen) atoms. The van der Waals surface area contributed by atoms with E-state index in [1.807, 2.05) is 12.1 Å². The molecule has 1 amide bonds. The first kappa shape index (κ1) is 13.2. The maximum Gasteiger partial charge on any atom is 0.223 e. The molecule has 1 aliphatic carbocycles. The number of carbonyl (C=O) groups is 1. The number of benzene rings is 1. The molecule has 1 heterocycles. The Bertz CT molecular complexity index is 662. The molecule has 5 heteroatoms. The van der Waals surface area contributed by atoms with Gasteiger partial charge in [0.15, 0.2) is 0 Å². The Labute approximate surface area is 122 Å². The Morgan fingerprint density at radius 3 is 3.15 bits per heavy atom. The van der Waals surface area contributed by atoms with E-state index in [0.717, 1.165) is 36.1 Å². The Morgan fingerprint density at radius 1 is 1.45 bits per heavy atom. The van der Waals surface area contributed by atoms with E-state index in [4.69, 9.17) is 11.6 Å². The number of aromatic amines is 1. The third kappa shape index (κ3) is 2.85. The van der Waals surface area contributed by atoms with Gasteiger partial charge in [0.05, 0.1) is 17.6 Å². The summed E-state index contributed by atoms with van der Waals surface area (Å²) in [4.78, 5) is 19.6. The molecule has 1 aliphatic rings. The Balaban J connectivity index is 1.64. The van der Waals surface area contributed by atoms with Crippen LogP contribution in [0.2, 0.25) is 5.02 Å². The van der Waals surface area contributed by atoms with Gasteiger partial charge in [0.25, 0.3) is 0 Å². The van der Waals surface area contributed by atoms with E-state index in [1.165, 1.54) is 0 Å². The lowest BCUT2D eigenvalue weighted by atomic mass is 9.94. The van der Waals surface area contributed by atoms with Crippen molar-refractivity contribution in [2.75, 3.05) is 0 Å². The van der Waals surface area contributed by atoms with Crippen molar-refractivity contribution in [3.8, 4) is 0 Å². The van der Waals surface area contributed by atoms with Gasteiger partial charge in [-0.25, -0.2) is 4.98 Å². The number of allylic oxidation sites excluding steroid dienone is 2. The van der Waals surface area contributed by atoms with Crippen molar-refractivity contribution in [1.82, 2.24) is 15.3 Å². The number of rotatable bonds is 3. The van der Waals surface area contributed by atoms with Gasteiger partial charge in [0, 0.05) is 10.9 Å². The van der Waals surface area contributed by atoms with Gasteiger partial charge in [-0.2, -0.15) is 0 Å². The van der Waals surface area contributed by atoms with Crippen molar-refractivity contribution in [2.45, 2.75) is 25.8 Å². The van der Waals surface area contributed by atoms with Crippen LogP contribution in [0.1, 0.15) is 25.1 Å². The Morgan fingerprint density at radius 2 is 2.35 bits per heavy atom. The summed E-state index contributed by atoms with van der Waals surface area (Å²) in [6, 6.07) is 5.51. The highest BCUT2D eigenvalue weighted by atomic mass is 35.5. The minimum absolute atomic E-state index is 0.0961. The number of aromatic nitrogens is 2. The number of hydrogen-bond acceptors (Lipinski definition) is 2. The van der Waals surface area contributed by atoms with E-state index < -0.39 is 0 Å². The van der Waals surface area contributed by atoms with E-state index in [1.54, 1.807) is 6.07 Å².